The third kappa shape index (κ3) is 3.12. The molecule has 2 heterocycles. The van der Waals surface area contributed by atoms with E-state index in [9.17, 15) is 0 Å². The number of hydrogen-bond donors (Lipinski definition) is 1. The number of thiophene rings is 1. The van der Waals surface area contributed by atoms with Crippen molar-refractivity contribution in [3.05, 3.63) is 21.8 Å². The Morgan fingerprint density at radius 3 is 3.06 bits per heavy atom. The zero-order valence-electron chi connectivity index (χ0n) is 9.22. The van der Waals surface area contributed by atoms with E-state index in [1.165, 1.54) is 0 Å². The molecule has 2 aromatic heterocycles. The molecule has 1 atom stereocenters. The smallest absolute Gasteiger partial charge is 0.243 e. The van der Waals surface area contributed by atoms with Crippen LogP contribution < -0.4 is 5.73 Å². The van der Waals surface area contributed by atoms with E-state index in [0.717, 1.165) is 8.66 Å². The largest absolute Gasteiger partial charge is 0.385 e. The number of halogens is 1. The zero-order valence-corrected chi connectivity index (χ0v) is 11.6. The lowest BCUT2D eigenvalue weighted by Gasteiger charge is -2.03. The Kier molecular flexibility index (Phi) is 4.27. The Labute approximate surface area is 111 Å². The minimum Gasteiger partial charge on any atom is -0.385 e. The van der Waals surface area contributed by atoms with Gasteiger partial charge in [-0.25, -0.2) is 0 Å². The van der Waals surface area contributed by atoms with Gasteiger partial charge in [-0.3, -0.25) is 0 Å². The molecule has 1 unspecified atom stereocenters. The molecule has 0 saturated heterocycles. The van der Waals surface area contributed by atoms with Crippen LogP contribution >= 0.6 is 27.3 Å². The number of hydrogen-bond acceptors (Lipinski definition) is 6. The highest BCUT2D eigenvalue weighted by atomic mass is 79.9. The monoisotopic (exact) mass is 317 g/mol. The summed E-state index contributed by atoms with van der Waals surface area (Å²) in [6.07, 6.45) is 0.659. The van der Waals surface area contributed by atoms with Crippen LogP contribution in [0.3, 0.4) is 0 Å². The van der Waals surface area contributed by atoms with Crippen molar-refractivity contribution in [2.24, 2.45) is 5.73 Å². The summed E-state index contributed by atoms with van der Waals surface area (Å²) >= 11 is 4.94. The Hall–Kier alpha value is -0.760. The van der Waals surface area contributed by atoms with Gasteiger partial charge in [0.15, 0.2) is 0 Å². The minimum atomic E-state index is -0.278. The van der Waals surface area contributed by atoms with Gasteiger partial charge in [0, 0.05) is 13.7 Å². The topological polar surface area (TPSA) is 74.2 Å². The SMILES string of the molecule is COCCC(N)c1nc(-c2ccc(Br)s2)no1. The maximum atomic E-state index is 5.90. The van der Waals surface area contributed by atoms with Crippen molar-refractivity contribution in [2.45, 2.75) is 12.5 Å². The number of nitrogens with zero attached hydrogens (tertiary/aromatic N) is 2. The van der Waals surface area contributed by atoms with E-state index in [4.69, 9.17) is 15.0 Å². The van der Waals surface area contributed by atoms with Gasteiger partial charge >= 0.3 is 0 Å². The average Bonchev–Trinajstić information content (AvgIpc) is 2.93. The molecular weight excluding hydrogens is 306 g/mol. The fourth-order valence-electron chi connectivity index (χ4n) is 1.29. The molecule has 0 spiro atoms. The highest BCUT2D eigenvalue weighted by Gasteiger charge is 2.16. The Balaban J connectivity index is 2.10. The van der Waals surface area contributed by atoms with E-state index in [1.54, 1.807) is 18.4 Å². The lowest BCUT2D eigenvalue weighted by atomic mass is 10.2. The maximum absolute atomic E-state index is 5.90. The predicted octanol–water partition coefficient (Wildman–Crippen LogP) is 2.60. The molecule has 0 radical (unpaired) electrons. The Bertz CT molecular complexity index is 485. The van der Waals surface area contributed by atoms with Crippen LogP contribution in [-0.2, 0) is 4.74 Å². The first kappa shape index (κ1) is 12.7. The van der Waals surface area contributed by atoms with Crippen molar-refractivity contribution in [3.8, 4) is 10.7 Å². The van der Waals surface area contributed by atoms with Crippen LogP contribution in [-0.4, -0.2) is 23.9 Å². The Morgan fingerprint density at radius 2 is 2.41 bits per heavy atom. The second kappa shape index (κ2) is 5.72. The summed E-state index contributed by atoms with van der Waals surface area (Å²) in [6, 6.07) is 3.60. The number of aromatic nitrogens is 2. The predicted molar refractivity (Wildman–Crippen MR) is 68.7 cm³/mol. The summed E-state index contributed by atoms with van der Waals surface area (Å²) in [5.41, 5.74) is 5.90. The maximum Gasteiger partial charge on any atom is 0.243 e. The van der Waals surface area contributed by atoms with Gasteiger partial charge < -0.3 is 15.0 Å². The highest BCUT2D eigenvalue weighted by molar-refractivity contribution is 9.11. The van der Waals surface area contributed by atoms with Crippen LogP contribution in [0.1, 0.15) is 18.4 Å². The third-order valence-electron chi connectivity index (χ3n) is 2.19. The van der Waals surface area contributed by atoms with Crippen LogP contribution in [0.15, 0.2) is 20.4 Å². The molecule has 0 aliphatic heterocycles. The summed E-state index contributed by atoms with van der Waals surface area (Å²) in [5.74, 6) is 1.02. The molecule has 0 bridgehead atoms. The molecular formula is C10H12BrN3O2S. The molecule has 0 aliphatic carbocycles. The van der Waals surface area contributed by atoms with E-state index < -0.39 is 0 Å². The van der Waals surface area contributed by atoms with Crippen molar-refractivity contribution in [1.82, 2.24) is 10.1 Å². The number of rotatable bonds is 5. The molecule has 2 N–H and O–H groups in total. The fraction of sp³-hybridized carbons (Fsp3) is 0.400. The van der Waals surface area contributed by atoms with Crippen molar-refractivity contribution >= 4 is 27.3 Å². The normalized spacial score (nSPS) is 12.9. The number of nitrogens with two attached hydrogens (primary N) is 1. The van der Waals surface area contributed by atoms with Gasteiger partial charge in [-0.1, -0.05) is 5.16 Å². The molecule has 5 nitrogen and oxygen atoms in total. The van der Waals surface area contributed by atoms with E-state index in [2.05, 4.69) is 26.1 Å². The van der Waals surface area contributed by atoms with Crippen LogP contribution in [0, 0.1) is 0 Å². The van der Waals surface area contributed by atoms with E-state index in [1.807, 2.05) is 12.1 Å². The van der Waals surface area contributed by atoms with Gasteiger partial charge in [-0.05, 0) is 34.5 Å². The average molecular weight is 318 g/mol. The van der Waals surface area contributed by atoms with Crippen LogP contribution in [0.4, 0.5) is 0 Å². The van der Waals surface area contributed by atoms with Gasteiger partial charge in [0.1, 0.15) is 0 Å². The molecule has 7 heteroatoms. The van der Waals surface area contributed by atoms with Crippen LogP contribution in [0.25, 0.3) is 10.7 Å². The second-order valence-corrected chi connectivity index (χ2v) is 5.91. The lowest BCUT2D eigenvalue weighted by molar-refractivity contribution is 0.182. The highest BCUT2D eigenvalue weighted by Crippen LogP contribution is 2.29. The molecule has 2 rings (SSSR count). The van der Waals surface area contributed by atoms with Gasteiger partial charge in [0.2, 0.25) is 11.7 Å². The summed E-state index contributed by atoms with van der Waals surface area (Å²) in [7, 11) is 1.63. The summed E-state index contributed by atoms with van der Waals surface area (Å²) < 4.78 is 11.1. The van der Waals surface area contributed by atoms with Gasteiger partial charge in [0.25, 0.3) is 0 Å². The van der Waals surface area contributed by atoms with Crippen molar-refractivity contribution in [2.75, 3.05) is 13.7 Å². The van der Waals surface area contributed by atoms with Crippen molar-refractivity contribution < 1.29 is 9.26 Å². The fourth-order valence-corrected chi connectivity index (χ4v) is 2.60. The first-order valence-electron chi connectivity index (χ1n) is 5.04. The molecule has 2 aromatic rings. The number of methoxy groups -OCH3 is 1. The molecule has 0 fully saturated rings. The van der Waals surface area contributed by atoms with E-state index >= 15 is 0 Å². The zero-order chi connectivity index (χ0) is 12.3. The summed E-state index contributed by atoms with van der Waals surface area (Å²) in [6.45, 7) is 0.573. The summed E-state index contributed by atoms with van der Waals surface area (Å²) in [4.78, 5) is 5.23. The quantitative estimate of drug-likeness (QED) is 0.917. The first-order valence-corrected chi connectivity index (χ1v) is 6.65. The molecule has 0 amide bonds. The minimum absolute atomic E-state index is 0.278. The lowest BCUT2D eigenvalue weighted by Crippen LogP contribution is -2.12. The first-order chi connectivity index (χ1) is 8.20. The molecule has 0 aliphatic rings. The van der Waals surface area contributed by atoms with Crippen molar-refractivity contribution in [1.29, 1.82) is 0 Å². The van der Waals surface area contributed by atoms with Crippen molar-refractivity contribution in [3.63, 3.8) is 0 Å². The molecule has 17 heavy (non-hydrogen) atoms. The molecule has 0 aromatic carbocycles. The number of ether oxygens (including phenoxy) is 1. The third-order valence-corrected chi connectivity index (χ3v) is 3.81. The second-order valence-electron chi connectivity index (χ2n) is 3.45. The molecule has 92 valence electrons. The Morgan fingerprint density at radius 1 is 1.59 bits per heavy atom. The molecule has 0 saturated carbocycles. The van der Waals surface area contributed by atoms with Crippen LogP contribution in [0.2, 0.25) is 0 Å². The van der Waals surface area contributed by atoms with E-state index in [0.29, 0.717) is 24.7 Å². The van der Waals surface area contributed by atoms with Gasteiger partial charge in [0.05, 0.1) is 14.7 Å². The van der Waals surface area contributed by atoms with Gasteiger partial charge in [-0.2, -0.15) is 4.98 Å². The van der Waals surface area contributed by atoms with Crippen LogP contribution in [0.5, 0.6) is 0 Å². The van der Waals surface area contributed by atoms with E-state index in [-0.39, 0.29) is 6.04 Å². The van der Waals surface area contributed by atoms with Gasteiger partial charge in [-0.15, -0.1) is 11.3 Å². The standard InChI is InChI=1S/C10H12BrN3O2S/c1-15-5-4-6(12)10-13-9(14-16-10)7-2-3-8(11)17-7/h2-3,6H,4-5,12H2,1H3. The summed E-state index contributed by atoms with van der Waals surface area (Å²) in [5, 5.41) is 3.91.